The first kappa shape index (κ1) is 18.8. The Hall–Kier alpha value is 1.51. The zero-order chi connectivity index (χ0) is 15.8. The summed E-state index contributed by atoms with van der Waals surface area (Å²) in [7, 11) is -3.84. The summed E-state index contributed by atoms with van der Waals surface area (Å²) in [4.78, 5) is 0. The van der Waals surface area contributed by atoms with E-state index < -0.39 is 10.1 Å². The van der Waals surface area contributed by atoms with Crippen LogP contribution < -0.4 is 4.57 Å². The van der Waals surface area contributed by atoms with Gasteiger partial charge in [-0.1, -0.05) is 0 Å². The van der Waals surface area contributed by atoms with E-state index in [-0.39, 0.29) is 5.75 Å². The van der Waals surface area contributed by atoms with Crippen LogP contribution in [0.25, 0.3) is 9.78 Å². The maximum absolute atomic E-state index is 10.8. The zero-order valence-electron chi connectivity index (χ0n) is 11.1. The number of benzene rings is 1. The van der Waals surface area contributed by atoms with E-state index in [0.717, 1.165) is 13.0 Å². The van der Waals surface area contributed by atoms with Gasteiger partial charge in [0.2, 0.25) is 0 Å². The second kappa shape index (κ2) is 7.60. The molecule has 0 aliphatic rings. The van der Waals surface area contributed by atoms with E-state index in [1.165, 1.54) is 25.1 Å². The molecule has 0 saturated carbocycles. The zero-order valence-corrected chi connectivity index (χ0v) is 20.1. The van der Waals surface area contributed by atoms with Gasteiger partial charge in [-0.15, -0.1) is 0 Å². The fraction of sp³-hybridized carbons (Fsp3) is 0.417. The maximum atomic E-state index is 10.8. The third-order valence-electron chi connectivity index (χ3n) is 3.05. The summed E-state index contributed by atoms with van der Waals surface area (Å²) in [5, 5.41) is 0. The molecule has 0 aliphatic carbocycles. The summed E-state index contributed by atoms with van der Waals surface area (Å²) in [6, 6.07) is 2.22. The molecule has 9 heteroatoms. The summed E-state index contributed by atoms with van der Waals surface area (Å²) in [6.45, 7) is 2.96. The average Bonchev–Trinajstić information content (AvgIpc) is 2.68. The number of aromatic nitrogens is 1. The Labute approximate surface area is 171 Å². The molecule has 4 nitrogen and oxygen atoms in total. The molecular weight excluding hydrogens is 698 g/mol. The monoisotopic (exact) mass is 712 g/mol. The standard InChI is InChI=1S/C12H12I3NO3SSe/c1-7-16(4-2-3-5-20(17,18)19)9-6-8(13)10(14)11(15)12(9)21-7/h6H,2-5H2,1H3/p+1. The van der Waals surface area contributed by atoms with E-state index in [2.05, 4.69) is 85.3 Å². The summed E-state index contributed by atoms with van der Waals surface area (Å²) in [5.74, 6) is -0.153. The number of unbranched alkanes of at least 4 members (excludes halogenated alkanes) is 1. The quantitative estimate of drug-likeness (QED) is 0.130. The first-order valence-electron chi connectivity index (χ1n) is 6.12. The van der Waals surface area contributed by atoms with Gasteiger partial charge < -0.3 is 0 Å². The molecule has 1 aromatic carbocycles. The average molecular weight is 711 g/mol. The van der Waals surface area contributed by atoms with Gasteiger partial charge in [-0.2, -0.15) is 0 Å². The van der Waals surface area contributed by atoms with E-state index in [9.17, 15) is 8.42 Å². The summed E-state index contributed by atoms with van der Waals surface area (Å²) in [5.41, 5.74) is 1.27. The van der Waals surface area contributed by atoms with Gasteiger partial charge >= 0.3 is 173 Å². The van der Waals surface area contributed by atoms with Crippen LogP contribution in [0.2, 0.25) is 0 Å². The van der Waals surface area contributed by atoms with E-state index in [1.54, 1.807) is 0 Å². The van der Waals surface area contributed by atoms with Gasteiger partial charge in [0.15, 0.2) is 0 Å². The Morgan fingerprint density at radius 2 is 1.90 bits per heavy atom. The molecule has 2 aromatic rings. The van der Waals surface area contributed by atoms with Crippen LogP contribution in [-0.4, -0.2) is 33.2 Å². The third kappa shape index (κ3) is 4.75. The van der Waals surface area contributed by atoms with Crippen LogP contribution in [0.4, 0.5) is 0 Å². The van der Waals surface area contributed by atoms with Crippen molar-refractivity contribution in [1.29, 1.82) is 0 Å². The van der Waals surface area contributed by atoms with Crippen molar-refractivity contribution in [2.24, 2.45) is 0 Å². The number of rotatable bonds is 5. The first-order chi connectivity index (χ1) is 9.70. The summed E-state index contributed by atoms with van der Waals surface area (Å²) < 4.78 is 39.3. The second-order valence-electron chi connectivity index (χ2n) is 4.60. The van der Waals surface area contributed by atoms with Gasteiger partial charge in [0.1, 0.15) is 0 Å². The van der Waals surface area contributed by atoms with Crippen molar-refractivity contribution < 1.29 is 17.5 Å². The van der Waals surface area contributed by atoms with Crippen molar-refractivity contribution >= 4 is 102 Å². The predicted molar refractivity (Wildman–Crippen MR) is 110 cm³/mol. The molecule has 0 unspecified atom stereocenters. The number of hydrogen-bond donors (Lipinski definition) is 1. The van der Waals surface area contributed by atoms with Crippen LogP contribution >= 0.6 is 67.8 Å². The Morgan fingerprint density at radius 1 is 1.24 bits per heavy atom. The SMILES string of the molecule is Cc1[se]c2c(I)c(I)c(I)cc2[n+]1CCCCS(=O)(=O)O. The molecule has 21 heavy (non-hydrogen) atoms. The molecule has 0 fully saturated rings. The third-order valence-corrected chi connectivity index (χ3v) is 12.2. The number of nitrogens with zero attached hydrogens (tertiary/aromatic N) is 1. The van der Waals surface area contributed by atoms with Crippen molar-refractivity contribution in [2.75, 3.05) is 5.75 Å². The van der Waals surface area contributed by atoms with Gasteiger partial charge in [-0.3, -0.25) is 0 Å². The Balaban J connectivity index is 2.26. The van der Waals surface area contributed by atoms with Crippen LogP contribution in [0.15, 0.2) is 6.07 Å². The van der Waals surface area contributed by atoms with E-state index >= 15 is 0 Å². The molecule has 0 bridgehead atoms. The van der Waals surface area contributed by atoms with Crippen LogP contribution in [0.3, 0.4) is 0 Å². The van der Waals surface area contributed by atoms with Gasteiger partial charge in [0, 0.05) is 0 Å². The fourth-order valence-corrected chi connectivity index (χ4v) is 7.92. The second-order valence-corrected chi connectivity index (χ2v) is 12.0. The molecule has 0 atom stereocenters. The minimum absolute atomic E-state index is 0.153. The molecule has 116 valence electrons. The van der Waals surface area contributed by atoms with Crippen molar-refractivity contribution in [1.82, 2.24) is 0 Å². The molecule has 1 aromatic heterocycles. The first-order valence-corrected chi connectivity index (χ1v) is 12.7. The molecule has 0 saturated heterocycles. The van der Waals surface area contributed by atoms with Crippen LogP contribution in [0.5, 0.6) is 0 Å². The predicted octanol–water partition coefficient (Wildman–Crippen LogP) is 2.97. The Morgan fingerprint density at radius 3 is 2.52 bits per heavy atom. The molecule has 1 N–H and O–H groups in total. The minimum atomic E-state index is -3.84. The molecule has 0 radical (unpaired) electrons. The van der Waals surface area contributed by atoms with Crippen molar-refractivity contribution in [2.45, 2.75) is 26.3 Å². The Kier molecular flexibility index (Phi) is 6.82. The molecule has 0 spiro atoms. The van der Waals surface area contributed by atoms with E-state index in [0.29, 0.717) is 20.9 Å². The molecule has 0 amide bonds. The topological polar surface area (TPSA) is 58.2 Å². The van der Waals surface area contributed by atoms with Crippen LogP contribution in [0.1, 0.15) is 17.4 Å². The summed E-state index contributed by atoms with van der Waals surface area (Å²) >= 11 is 7.52. The summed E-state index contributed by atoms with van der Waals surface area (Å²) in [6.07, 6.45) is 1.25. The van der Waals surface area contributed by atoms with Crippen molar-refractivity contribution in [3.63, 3.8) is 0 Å². The Bertz CT molecular complexity index is 789. The van der Waals surface area contributed by atoms with Crippen molar-refractivity contribution in [3.8, 4) is 0 Å². The van der Waals surface area contributed by atoms with Gasteiger partial charge in [0.05, 0.1) is 0 Å². The number of halogens is 3. The van der Waals surface area contributed by atoms with Gasteiger partial charge in [-0.25, -0.2) is 0 Å². The number of hydrogen-bond acceptors (Lipinski definition) is 2. The van der Waals surface area contributed by atoms with Gasteiger partial charge in [-0.05, 0) is 0 Å². The van der Waals surface area contributed by atoms with Gasteiger partial charge in [0.25, 0.3) is 0 Å². The van der Waals surface area contributed by atoms with E-state index in [4.69, 9.17) is 4.55 Å². The fourth-order valence-electron chi connectivity index (χ4n) is 2.07. The normalized spacial score (nSPS) is 12.2. The number of aryl methyl sites for hydroxylation is 2. The molecule has 0 aliphatic heterocycles. The van der Waals surface area contributed by atoms with E-state index in [1.807, 2.05) is 0 Å². The molecule has 2 rings (SSSR count). The molecule has 1 heterocycles. The molecular formula is C12H13I3NO3SSe+. The van der Waals surface area contributed by atoms with Crippen LogP contribution in [-0.2, 0) is 16.7 Å². The number of fused-ring (bicyclic) bond motifs is 1. The van der Waals surface area contributed by atoms with Crippen LogP contribution in [0, 0.1) is 17.6 Å². The van der Waals surface area contributed by atoms with Crippen molar-refractivity contribution in [3.05, 3.63) is 21.3 Å².